The van der Waals surface area contributed by atoms with Gasteiger partial charge in [0, 0.05) is 30.7 Å². The normalized spacial score (nSPS) is 18.8. The van der Waals surface area contributed by atoms with Gasteiger partial charge in [-0.25, -0.2) is 0 Å². The second-order valence-corrected chi connectivity index (χ2v) is 7.63. The Labute approximate surface area is 155 Å². The molecule has 1 heterocycles. The van der Waals surface area contributed by atoms with Crippen LogP contribution in [-0.4, -0.2) is 25.7 Å². The molecule has 1 fully saturated rings. The predicted molar refractivity (Wildman–Crippen MR) is 104 cm³/mol. The van der Waals surface area contributed by atoms with Crippen LogP contribution in [0.2, 0.25) is 0 Å². The summed E-state index contributed by atoms with van der Waals surface area (Å²) in [5.41, 5.74) is 4.84. The lowest BCUT2D eigenvalue weighted by molar-refractivity contribution is 0.0487. The molecule has 1 N–H and O–H groups in total. The van der Waals surface area contributed by atoms with Crippen LogP contribution in [-0.2, 0) is 23.0 Å². The summed E-state index contributed by atoms with van der Waals surface area (Å²) in [5.74, 6) is 0.0418. The minimum Gasteiger partial charge on any atom is -0.381 e. The van der Waals surface area contributed by atoms with Gasteiger partial charge in [-0.05, 0) is 67.3 Å². The van der Waals surface area contributed by atoms with Crippen LogP contribution in [0.25, 0.3) is 0 Å². The smallest absolute Gasteiger partial charge is 0.251 e. The van der Waals surface area contributed by atoms with Gasteiger partial charge in [-0.3, -0.25) is 4.79 Å². The van der Waals surface area contributed by atoms with Crippen molar-refractivity contribution in [3.05, 3.63) is 70.8 Å². The van der Waals surface area contributed by atoms with E-state index in [1.54, 1.807) is 0 Å². The Morgan fingerprint density at radius 2 is 1.69 bits per heavy atom. The summed E-state index contributed by atoms with van der Waals surface area (Å²) in [4.78, 5) is 12.8. The summed E-state index contributed by atoms with van der Waals surface area (Å²) < 4.78 is 5.59. The van der Waals surface area contributed by atoms with Gasteiger partial charge >= 0.3 is 0 Å². The van der Waals surface area contributed by atoms with Crippen LogP contribution in [0.15, 0.2) is 48.5 Å². The van der Waals surface area contributed by atoms with Crippen molar-refractivity contribution in [2.24, 2.45) is 0 Å². The van der Waals surface area contributed by atoms with Crippen LogP contribution in [0.1, 0.15) is 52.7 Å². The van der Waals surface area contributed by atoms with Crippen molar-refractivity contribution < 1.29 is 9.53 Å². The number of aryl methyl sites for hydroxylation is 2. The third-order valence-electron chi connectivity index (χ3n) is 6.03. The van der Waals surface area contributed by atoms with E-state index >= 15 is 0 Å². The molecule has 0 bridgehead atoms. The van der Waals surface area contributed by atoms with Crippen LogP contribution >= 0.6 is 0 Å². The largest absolute Gasteiger partial charge is 0.381 e. The summed E-state index contributed by atoms with van der Waals surface area (Å²) in [6.07, 6.45) is 6.63. The molecular formula is C23H27NO2. The van der Waals surface area contributed by atoms with Gasteiger partial charge in [0.1, 0.15) is 0 Å². The van der Waals surface area contributed by atoms with Gasteiger partial charge in [0.2, 0.25) is 0 Å². The molecule has 0 atom stereocenters. The number of nitrogens with one attached hydrogen (secondary N) is 1. The Morgan fingerprint density at radius 3 is 2.46 bits per heavy atom. The maximum absolute atomic E-state index is 12.8. The monoisotopic (exact) mass is 349 g/mol. The molecule has 2 aliphatic rings. The molecule has 136 valence electrons. The maximum Gasteiger partial charge on any atom is 0.251 e. The van der Waals surface area contributed by atoms with Crippen molar-refractivity contribution in [1.82, 2.24) is 5.32 Å². The van der Waals surface area contributed by atoms with E-state index in [2.05, 4.69) is 41.7 Å². The van der Waals surface area contributed by atoms with E-state index in [-0.39, 0.29) is 11.3 Å². The highest BCUT2D eigenvalue weighted by atomic mass is 16.5. The lowest BCUT2D eigenvalue weighted by Gasteiger charge is -2.38. The second kappa shape index (κ2) is 7.63. The maximum atomic E-state index is 12.8. The van der Waals surface area contributed by atoms with Crippen molar-refractivity contribution in [2.45, 2.75) is 43.9 Å². The van der Waals surface area contributed by atoms with Crippen LogP contribution in [0.3, 0.4) is 0 Å². The van der Waals surface area contributed by atoms with Crippen LogP contribution < -0.4 is 5.32 Å². The first kappa shape index (κ1) is 17.3. The Morgan fingerprint density at radius 1 is 0.962 bits per heavy atom. The van der Waals surface area contributed by atoms with Crippen molar-refractivity contribution in [3.63, 3.8) is 0 Å². The number of hydrogen-bond acceptors (Lipinski definition) is 2. The SMILES string of the molecule is O=C(NCC1(c2ccccc2)CCOCC1)c1ccc2c(c1)CCCC2. The summed E-state index contributed by atoms with van der Waals surface area (Å²) in [6, 6.07) is 16.8. The topological polar surface area (TPSA) is 38.3 Å². The molecule has 1 aliphatic carbocycles. The van der Waals surface area contributed by atoms with E-state index in [1.165, 1.54) is 29.5 Å². The molecule has 0 unspecified atom stereocenters. The van der Waals surface area contributed by atoms with Crippen molar-refractivity contribution >= 4 is 5.91 Å². The number of benzene rings is 2. The zero-order chi connectivity index (χ0) is 17.8. The zero-order valence-electron chi connectivity index (χ0n) is 15.3. The molecule has 0 radical (unpaired) electrons. The number of amides is 1. The lowest BCUT2D eigenvalue weighted by atomic mass is 9.74. The summed E-state index contributed by atoms with van der Waals surface area (Å²) in [6.45, 7) is 2.17. The molecule has 1 amide bonds. The van der Waals surface area contributed by atoms with Gasteiger partial charge in [0.05, 0.1) is 0 Å². The molecule has 0 spiro atoms. The number of carbonyl (C=O) groups excluding carboxylic acids is 1. The number of carbonyl (C=O) groups is 1. The predicted octanol–water partition coefficient (Wildman–Crippen LogP) is 4.04. The van der Waals surface area contributed by atoms with Gasteiger partial charge in [-0.15, -0.1) is 0 Å². The minimum absolute atomic E-state index is 0.0244. The van der Waals surface area contributed by atoms with Crippen LogP contribution in [0, 0.1) is 0 Å². The molecule has 26 heavy (non-hydrogen) atoms. The number of rotatable bonds is 4. The van der Waals surface area contributed by atoms with Gasteiger partial charge in [-0.1, -0.05) is 36.4 Å². The molecule has 1 aliphatic heterocycles. The number of hydrogen-bond donors (Lipinski definition) is 1. The Bertz CT molecular complexity index is 763. The van der Waals surface area contributed by atoms with E-state index in [0.29, 0.717) is 6.54 Å². The first-order valence-corrected chi connectivity index (χ1v) is 9.80. The highest BCUT2D eigenvalue weighted by Gasteiger charge is 2.34. The quantitative estimate of drug-likeness (QED) is 0.904. The average Bonchev–Trinajstić information content (AvgIpc) is 2.73. The summed E-state index contributed by atoms with van der Waals surface area (Å²) in [7, 11) is 0. The van der Waals surface area contributed by atoms with E-state index in [0.717, 1.165) is 44.5 Å². The fraction of sp³-hybridized carbons (Fsp3) is 0.435. The lowest BCUT2D eigenvalue weighted by Crippen LogP contribution is -2.44. The summed E-state index contributed by atoms with van der Waals surface area (Å²) in [5, 5.41) is 3.22. The standard InChI is InChI=1S/C23H27NO2/c25-22(20-11-10-18-6-4-5-7-19(18)16-20)24-17-23(12-14-26-15-13-23)21-8-2-1-3-9-21/h1-3,8-11,16H,4-7,12-15,17H2,(H,24,25). The molecular weight excluding hydrogens is 322 g/mol. The molecule has 1 saturated heterocycles. The van der Waals surface area contributed by atoms with E-state index in [4.69, 9.17) is 4.74 Å². The third kappa shape index (κ3) is 3.54. The molecule has 3 heteroatoms. The minimum atomic E-state index is -0.0244. The molecule has 2 aromatic carbocycles. The molecule has 3 nitrogen and oxygen atoms in total. The molecule has 0 aromatic heterocycles. The highest BCUT2D eigenvalue weighted by Crippen LogP contribution is 2.34. The van der Waals surface area contributed by atoms with Crippen LogP contribution in [0.4, 0.5) is 0 Å². The highest BCUT2D eigenvalue weighted by molar-refractivity contribution is 5.94. The number of fused-ring (bicyclic) bond motifs is 1. The first-order chi connectivity index (χ1) is 12.8. The van der Waals surface area contributed by atoms with Crippen molar-refractivity contribution in [1.29, 1.82) is 0 Å². The van der Waals surface area contributed by atoms with Crippen LogP contribution in [0.5, 0.6) is 0 Å². The van der Waals surface area contributed by atoms with Gasteiger partial charge in [0.15, 0.2) is 0 Å². The van der Waals surface area contributed by atoms with Gasteiger partial charge in [0.25, 0.3) is 5.91 Å². The average molecular weight is 349 g/mol. The van der Waals surface area contributed by atoms with E-state index < -0.39 is 0 Å². The summed E-state index contributed by atoms with van der Waals surface area (Å²) >= 11 is 0. The Balaban J connectivity index is 1.50. The Hall–Kier alpha value is -2.13. The van der Waals surface area contributed by atoms with Gasteiger partial charge in [-0.2, -0.15) is 0 Å². The third-order valence-corrected chi connectivity index (χ3v) is 6.03. The van der Waals surface area contributed by atoms with Crippen molar-refractivity contribution in [2.75, 3.05) is 19.8 Å². The second-order valence-electron chi connectivity index (χ2n) is 7.63. The first-order valence-electron chi connectivity index (χ1n) is 9.80. The molecule has 0 saturated carbocycles. The fourth-order valence-corrected chi connectivity index (χ4v) is 4.35. The van der Waals surface area contributed by atoms with E-state index in [9.17, 15) is 4.79 Å². The fourth-order valence-electron chi connectivity index (χ4n) is 4.35. The Kier molecular flexibility index (Phi) is 5.07. The van der Waals surface area contributed by atoms with Gasteiger partial charge < -0.3 is 10.1 Å². The number of ether oxygens (including phenoxy) is 1. The van der Waals surface area contributed by atoms with E-state index in [1.807, 2.05) is 12.1 Å². The molecule has 2 aromatic rings. The van der Waals surface area contributed by atoms with Crippen molar-refractivity contribution in [3.8, 4) is 0 Å². The zero-order valence-corrected chi connectivity index (χ0v) is 15.3. The molecule has 4 rings (SSSR count).